The van der Waals surface area contributed by atoms with Crippen molar-refractivity contribution in [3.05, 3.63) is 86.6 Å². The third kappa shape index (κ3) is 6.05. The van der Waals surface area contributed by atoms with Crippen LogP contribution < -0.4 is 4.74 Å². The zero-order chi connectivity index (χ0) is 21.4. The highest BCUT2D eigenvalue weighted by molar-refractivity contribution is 6.30. The summed E-state index contributed by atoms with van der Waals surface area (Å²) < 4.78 is 15.0. The molecule has 0 amide bonds. The number of hydrogen-bond acceptors (Lipinski definition) is 7. The number of nitro groups is 1. The van der Waals surface area contributed by atoms with Crippen LogP contribution in [0.2, 0.25) is 5.02 Å². The summed E-state index contributed by atoms with van der Waals surface area (Å²) in [5.74, 6) is -2.89. The van der Waals surface area contributed by atoms with Crippen LogP contribution in [-0.4, -0.2) is 37.6 Å². The van der Waals surface area contributed by atoms with E-state index >= 15 is 0 Å². The summed E-state index contributed by atoms with van der Waals surface area (Å²) in [4.78, 5) is 35.3. The van der Waals surface area contributed by atoms with Crippen LogP contribution in [0.4, 0.5) is 0 Å². The minimum Gasteiger partial charge on any atom is -0.496 e. The van der Waals surface area contributed by atoms with Crippen molar-refractivity contribution < 1.29 is 28.7 Å². The van der Waals surface area contributed by atoms with Crippen molar-refractivity contribution in [3.8, 4) is 5.75 Å². The van der Waals surface area contributed by atoms with Crippen LogP contribution in [0.1, 0.15) is 21.8 Å². The fourth-order valence-electron chi connectivity index (χ4n) is 2.52. The zero-order valence-electron chi connectivity index (χ0n) is 15.7. The van der Waals surface area contributed by atoms with E-state index in [-0.39, 0.29) is 11.3 Å². The Morgan fingerprint density at radius 1 is 1.14 bits per heavy atom. The second-order valence-electron chi connectivity index (χ2n) is 5.79. The maximum Gasteiger partial charge on any atom is 0.373 e. The van der Waals surface area contributed by atoms with E-state index in [1.165, 1.54) is 19.3 Å². The topological polar surface area (TPSA) is 105 Å². The molecular weight excluding hydrogens is 402 g/mol. The van der Waals surface area contributed by atoms with E-state index in [0.717, 1.165) is 7.11 Å². The largest absolute Gasteiger partial charge is 0.496 e. The van der Waals surface area contributed by atoms with Crippen LogP contribution in [0.25, 0.3) is 0 Å². The summed E-state index contributed by atoms with van der Waals surface area (Å²) in [6, 6.07) is 12.6. The van der Waals surface area contributed by atoms with E-state index in [1.54, 1.807) is 42.5 Å². The molecule has 2 rings (SSSR count). The molecule has 0 aliphatic heterocycles. The van der Waals surface area contributed by atoms with Crippen molar-refractivity contribution in [2.24, 2.45) is 0 Å². The lowest BCUT2D eigenvalue weighted by Gasteiger charge is -2.13. The van der Waals surface area contributed by atoms with E-state index in [9.17, 15) is 19.7 Å². The Balaban J connectivity index is 2.40. The summed E-state index contributed by atoms with van der Waals surface area (Å²) in [5.41, 5.74) is 0.600. The number of rotatable bonds is 8. The van der Waals surface area contributed by atoms with Crippen LogP contribution in [0, 0.1) is 10.1 Å². The van der Waals surface area contributed by atoms with Gasteiger partial charge in [0, 0.05) is 9.95 Å². The Hall–Kier alpha value is -3.39. The first-order chi connectivity index (χ1) is 13.8. The number of halogens is 1. The van der Waals surface area contributed by atoms with Crippen LogP contribution >= 0.6 is 11.6 Å². The van der Waals surface area contributed by atoms with Crippen molar-refractivity contribution >= 4 is 23.5 Å². The van der Waals surface area contributed by atoms with Crippen LogP contribution in [0.15, 0.2) is 60.4 Å². The third-order valence-electron chi connectivity index (χ3n) is 3.91. The summed E-state index contributed by atoms with van der Waals surface area (Å²) in [6.07, 6.45) is 1.19. The monoisotopic (exact) mass is 419 g/mol. The summed E-state index contributed by atoms with van der Waals surface area (Å²) in [6.45, 7) is -0.533. The Bertz CT molecular complexity index is 925. The normalized spacial score (nSPS) is 12.0. The van der Waals surface area contributed by atoms with Gasteiger partial charge in [0.15, 0.2) is 0 Å². The van der Waals surface area contributed by atoms with Gasteiger partial charge < -0.3 is 14.2 Å². The van der Waals surface area contributed by atoms with E-state index in [1.807, 2.05) is 0 Å². The smallest absolute Gasteiger partial charge is 0.373 e. The van der Waals surface area contributed by atoms with Gasteiger partial charge in [-0.15, -0.1) is 0 Å². The Labute approximate surface area is 171 Å². The maximum absolute atomic E-state index is 12.5. The molecule has 0 bridgehead atoms. The molecule has 2 aromatic carbocycles. The van der Waals surface area contributed by atoms with Crippen LogP contribution in [0.3, 0.4) is 0 Å². The van der Waals surface area contributed by atoms with Crippen molar-refractivity contribution in [3.63, 3.8) is 0 Å². The lowest BCUT2D eigenvalue weighted by atomic mass is 9.98. The molecule has 0 fully saturated rings. The quantitative estimate of drug-likeness (QED) is 0.211. The molecule has 0 spiro atoms. The molecule has 0 heterocycles. The fourth-order valence-corrected chi connectivity index (χ4v) is 2.65. The summed E-state index contributed by atoms with van der Waals surface area (Å²) in [7, 11) is 2.49. The first-order valence-corrected chi connectivity index (χ1v) is 8.76. The predicted molar refractivity (Wildman–Crippen MR) is 105 cm³/mol. The van der Waals surface area contributed by atoms with Gasteiger partial charge >= 0.3 is 11.9 Å². The number of methoxy groups -OCH3 is 2. The Morgan fingerprint density at radius 3 is 2.38 bits per heavy atom. The first-order valence-electron chi connectivity index (χ1n) is 8.38. The molecule has 9 heteroatoms. The van der Waals surface area contributed by atoms with E-state index < -0.39 is 35.1 Å². The van der Waals surface area contributed by atoms with Crippen molar-refractivity contribution in [2.75, 3.05) is 20.8 Å². The van der Waals surface area contributed by atoms with Gasteiger partial charge in [0.2, 0.25) is 12.3 Å². The minimum atomic E-state index is -0.949. The molecule has 1 atom stereocenters. The Morgan fingerprint density at radius 2 is 1.79 bits per heavy atom. The number of esters is 2. The molecule has 0 saturated carbocycles. The van der Waals surface area contributed by atoms with Gasteiger partial charge in [-0.05, 0) is 35.9 Å². The Kier molecular flexibility index (Phi) is 7.73. The van der Waals surface area contributed by atoms with Gasteiger partial charge in [0.25, 0.3) is 0 Å². The molecular formula is C20H18ClNO7. The molecule has 8 nitrogen and oxygen atoms in total. The van der Waals surface area contributed by atoms with Crippen LogP contribution in [-0.2, 0) is 14.3 Å². The van der Waals surface area contributed by atoms with E-state index in [4.69, 9.17) is 21.1 Å². The molecule has 0 N–H and O–H groups in total. The predicted octanol–water partition coefficient (Wildman–Crippen LogP) is 3.62. The van der Waals surface area contributed by atoms with Gasteiger partial charge in [-0.25, -0.2) is 9.59 Å². The number of hydrogen-bond donors (Lipinski definition) is 0. The standard InChI is InChI=1S/C20H18ClNO7/c1-27-17-6-4-3-5-16(17)19(23)29-18(20(24)28-2)11-14(12-22(25)26)13-7-9-15(21)10-8-13/h3-11,14H,12H2,1-2H3/b18-11-/t14-/m0/s1. The number of nitrogens with zero attached hydrogens (tertiary/aromatic N) is 1. The molecule has 0 radical (unpaired) electrons. The maximum atomic E-state index is 12.5. The molecule has 0 aliphatic rings. The van der Waals surface area contributed by atoms with E-state index in [0.29, 0.717) is 10.6 Å². The number of carbonyl (C=O) groups excluding carboxylic acids is 2. The number of benzene rings is 2. The molecule has 0 saturated heterocycles. The lowest BCUT2D eigenvalue weighted by molar-refractivity contribution is -0.481. The van der Waals surface area contributed by atoms with Crippen LogP contribution in [0.5, 0.6) is 5.75 Å². The zero-order valence-corrected chi connectivity index (χ0v) is 16.4. The number of para-hydroxylation sites is 1. The molecule has 29 heavy (non-hydrogen) atoms. The molecule has 0 unspecified atom stereocenters. The average Bonchev–Trinajstić information content (AvgIpc) is 2.72. The third-order valence-corrected chi connectivity index (χ3v) is 4.16. The second kappa shape index (κ2) is 10.2. The number of carbonyl (C=O) groups is 2. The average molecular weight is 420 g/mol. The second-order valence-corrected chi connectivity index (χ2v) is 6.22. The van der Waals surface area contributed by atoms with Crippen molar-refractivity contribution in [1.29, 1.82) is 0 Å². The SMILES string of the molecule is COC(=O)/C(=C/[C@@H](C[N+](=O)[O-])c1ccc(Cl)cc1)OC(=O)c1ccccc1OC. The highest BCUT2D eigenvalue weighted by Crippen LogP contribution is 2.24. The summed E-state index contributed by atoms with van der Waals surface area (Å²) in [5, 5.41) is 11.6. The lowest BCUT2D eigenvalue weighted by Crippen LogP contribution is -2.17. The minimum absolute atomic E-state index is 0.0853. The molecule has 152 valence electrons. The van der Waals surface area contributed by atoms with Gasteiger partial charge in [-0.3, -0.25) is 10.1 Å². The van der Waals surface area contributed by atoms with Gasteiger partial charge in [0.05, 0.1) is 20.1 Å². The summed E-state index contributed by atoms with van der Waals surface area (Å²) >= 11 is 5.86. The molecule has 0 aromatic heterocycles. The van der Waals surface area contributed by atoms with Gasteiger partial charge in [-0.1, -0.05) is 35.9 Å². The highest BCUT2D eigenvalue weighted by atomic mass is 35.5. The van der Waals surface area contributed by atoms with Crippen molar-refractivity contribution in [1.82, 2.24) is 0 Å². The molecule has 0 aliphatic carbocycles. The van der Waals surface area contributed by atoms with E-state index in [2.05, 4.69) is 4.74 Å². The van der Waals surface area contributed by atoms with Gasteiger partial charge in [-0.2, -0.15) is 0 Å². The molecule has 2 aromatic rings. The van der Waals surface area contributed by atoms with Crippen molar-refractivity contribution in [2.45, 2.75) is 5.92 Å². The first kappa shape index (κ1) is 21.9. The van der Waals surface area contributed by atoms with Gasteiger partial charge in [0.1, 0.15) is 11.3 Å². The highest BCUT2D eigenvalue weighted by Gasteiger charge is 2.24. The number of ether oxygens (including phenoxy) is 3. The fraction of sp³-hybridized carbons (Fsp3) is 0.200.